The van der Waals surface area contributed by atoms with Crippen molar-refractivity contribution in [1.29, 1.82) is 0 Å². The molecule has 0 heterocycles. The van der Waals surface area contributed by atoms with E-state index in [0.29, 0.717) is 5.92 Å². The predicted octanol–water partition coefficient (Wildman–Crippen LogP) is 5.64. The number of methoxy groups -OCH3 is 1. The minimum Gasteiger partial charge on any atom is -0.497 e. The molecule has 0 fully saturated rings. The highest BCUT2D eigenvalue weighted by Gasteiger charge is 2.10. The van der Waals surface area contributed by atoms with Crippen molar-refractivity contribution in [3.8, 4) is 16.9 Å². The lowest BCUT2D eigenvalue weighted by Gasteiger charge is -2.15. The first-order valence-electron chi connectivity index (χ1n) is 7.36. The maximum Gasteiger partial charge on any atom is 0.119 e. The predicted molar refractivity (Wildman–Crippen MR) is 90.0 cm³/mol. The third kappa shape index (κ3) is 2.64. The molecule has 0 radical (unpaired) electrons. The van der Waals surface area contributed by atoms with E-state index in [0.717, 1.165) is 5.75 Å². The van der Waals surface area contributed by atoms with Gasteiger partial charge >= 0.3 is 0 Å². The minimum absolute atomic E-state index is 0.492. The smallest absolute Gasteiger partial charge is 0.119 e. The van der Waals surface area contributed by atoms with E-state index in [4.69, 9.17) is 4.74 Å². The Morgan fingerprint density at radius 3 is 2.24 bits per heavy atom. The van der Waals surface area contributed by atoms with Gasteiger partial charge in [0.15, 0.2) is 0 Å². The molecule has 0 aliphatic rings. The zero-order valence-electron chi connectivity index (χ0n) is 12.8. The number of hydrogen-bond acceptors (Lipinski definition) is 1. The molecule has 0 N–H and O–H groups in total. The molecule has 0 spiro atoms. The Bertz CT molecular complexity index is 757. The summed E-state index contributed by atoms with van der Waals surface area (Å²) in [5, 5.41) is 2.48. The zero-order chi connectivity index (χ0) is 14.8. The molecule has 3 aromatic carbocycles. The van der Waals surface area contributed by atoms with Crippen molar-refractivity contribution in [2.45, 2.75) is 19.8 Å². The van der Waals surface area contributed by atoms with E-state index < -0.39 is 0 Å². The quantitative estimate of drug-likeness (QED) is 0.601. The van der Waals surface area contributed by atoms with E-state index >= 15 is 0 Å². The van der Waals surface area contributed by atoms with Crippen LogP contribution < -0.4 is 4.74 Å². The molecular weight excluding hydrogens is 256 g/mol. The maximum absolute atomic E-state index is 5.35. The van der Waals surface area contributed by atoms with Crippen molar-refractivity contribution < 1.29 is 4.74 Å². The van der Waals surface area contributed by atoms with E-state index in [-0.39, 0.29) is 0 Å². The largest absolute Gasteiger partial charge is 0.497 e. The second-order valence-corrected chi connectivity index (χ2v) is 5.67. The Hall–Kier alpha value is -2.28. The van der Waals surface area contributed by atoms with Gasteiger partial charge in [0, 0.05) is 0 Å². The van der Waals surface area contributed by atoms with E-state index in [2.05, 4.69) is 68.4 Å². The van der Waals surface area contributed by atoms with Crippen LogP contribution in [0.5, 0.6) is 5.75 Å². The maximum atomic E-state index is 5.35. The van der Waals surface area contributed by atoms with Crippen LogP contribution in [0.1, 0.15) is 25.3 Å². The summed E-state index contributed by atoms with van der Waals surface area (Å²) >= 11 is 0. The molecule has 0 aliphatic heterocycles. The van der Waals surface area contributed by atoms with Gasteiger partial charge in [0.2, 0.25) is 0 Å². The second kappa shape index (κ2) is 5.61. The lowest BCUT2D eigenvalue weighted by Crippen LogP contribution is -1.93. The standard InChI is InChI=1S/C20H20O/c1-14(2)19-12-16-9-10-18(21-3)11-17(16)13-20(19)15-7-5-4-6-8-15/h4-14H,1-3H3. The van der Waals surface area contributed by atoms with Crippen LogP contribution in [0.4, 0.5) is 0 Å². The van der Waals surface area contributed by atoms with Gasteiger partial charge < -0.3 is 4.74 Å². The molecule has 0 saturated heterocycles. The van der Waals surface area contributed by atoms with E-state index in [9.17, 15) is 0 Å². The average molecular weight is 276 g/mol. The van der Waals surface area contributed by atoms with Gasteiger partial charge in [0.05, 0.1) is 7.11 Å². The van der Waals surface area contributed by atoms with Gasteiger partial charge in [-0.3, -0.25) is 0 Å². The van der Waals surface area contributed by atoms with Crippen LogP contribution >= 0.6 is 0 Å². The summed E-state index contributed by atoms with van der Waals surface area (Å²) in [6.07, 6.45) is 0. The average Bonchev–Trinajstić information content (AvgIpc) is 2.53. The van der Waals surface area contributed by atoms with Crippen molar-refractivity contribution in [2.75, 3.05) is 7.11 Å². The van der Waals surface area contributed by atoms with Gasteiger partial charge in [-0.15, -0.1) is 0 Å². The fourth-order valence-electron chi connectivity index (χ4n) is 2.77. The summed E-state index contributed by atoms with van der Waals surface area (Å²) in [4.78, 5) is 0. The molecule has 3 rings (SSSR count). The van der Waals surface area contributed by atoms with Crippen molar-refractivity contribution >= 4 is 10.8 Å². The normalized spacial score (nSPS) is 11.0. The summed E-state index contributed by atoms with van der Waals surface area (Å²) < 4.78 is 5.35. The number of ether oxygens (including phenoxy) is 1. The van der Waals surface area contributed by atoms with Crippen LogP contribution in [0.3, 0.4) is 0 Å². The highest BCUT2D eigenvalue weighted by Crippen LogP contribution is 2.34. The fourth-order valence-corrected chi connectivity index (χ4v) is 2.77. The highest BCUT2D eigenvalue weighted by molar-refractivity contribution is 5.90. The molecule has 0 atom stereocenters. The second-order valence-electron chi connectivity index (χ2n) is 5.67. The number of hydrogen-bond donors (Lipinski definition) is 0. The summed E-state index contributed by atoms with van der Waals surface area (Å²) in [6, 6.07) is 21.4. The van der Waals surface area contributed by atoms with Crippen molar-refractivity contribution in [3.63, 3.8) is 0 Å². The van der Waals surface area contributed by atoms with Crippen LogP contribution in [0.2, 0.25) is 0 Å². The molecule has 0 aromatic heterocycles. The lowest BCUT2D eigenvalue weighted by molar-refractivity contribution is 0.415. The van der Waals surface area contributed by atoms with Crippen LogP contribution in [-0.4, -0.2) is 7.11 Å². The Morgan fingerprint density at radius 2 is 1.57 bits per heavy atom. The monoisotopic (exact) mass is 276 g/mol. The molecule has 0 unspecified atom stereocenters. The lowest BCUT2D eigenvalue weighted by atomic mass is 9.90. The van der Waals surface area contributed by atoms with E-state index in [1.807, 2.05) is 6.07 Å². The van der Waals surface area contributed by atoms with E-state index in [1.165, 1.54) is 27.5 Å². The highest BCUT2D eigenvalue weighted by atomic mass is 16.5. The van der Waals surface area contributed by atoms with E-state index in [1.54, 1.807) is 7.11 Å². The number of benzene rings is 3. The Kier molecular flexibility index (Phi) is 3.66. The number of rotatable bonds is 3. The van der Waals surface area contributed by atoms with Gasteiger partial charge in [-0.05, 0) is 51.6 Å². The Labute approximate surface area is 126 Å². The minimum atomic E-state index is 0.492. The molecule has 106 valence electrons. The summed E-state index contributed by atoms with van der Waals surface area (Å²) in [5.41, 5.74) is 3.97. The number of fused-ring (bicyclic) bond motifs is 1. The molecule has 0 saturated carbocycles. The fraction of sp³-hybridized carbons (Fsp3) is 0.200. The van der Waals surface area contributed by atoms with Crippen LogP contribution in [0, 0.1) is 0 Å². The summed E-state index contributed by atoms with van der Waals surface area (Å²) in [7, 11) is 1.71. The molecule has 3 aromatic rings. The van der Waals surface area contributed by atoms with Crippen molar-refractivity contribution in [2.24, 2.45) is 0 Å². The van der Waals surface area contributed by atoms with Crippen LogP contribution in [-0.2, 0) is 0 Å². The third-order valence-corrected chi connectivity index (χ3v) is 3.92. The van der Waals surface area contributed by atoms with Crippen molar-refractivity contribution in [1.82, 2.24) is 0 Å². The molecule has 1 heteroatoms. The summed E-state index contributed by atoms with van der Waals surface area (Å²) in [6.45, 7) is 4.49. The molecule has 0 bridgehead atoms. The summed E-state index contributed by atoms with van der Waals surface area (Å²) in [5.74, 6) is 1.39. The Balaban J connectivity index is 2.27. The van der Waals surface area contributed by atoms with Gasteiger partial charge in [0.25, 0.3) is 0 Å². The van der Waals surface area contributed by atoms with Gasteiger partial charge in [-0.1, -0.05) is 56.3 Å². The molecule has 21 heavy (non-hydrogen) atoms. The molecule has 0 aliphatic carbocycles. The van der Waals surface area contributed by atoms with Crippen molar-refractivity contribution in [3.05, 3.63) is 66.2 Å². The zero-order valence-corrected chi connectivity index (χ0v) is 12.8. The van der Waals surface area contributed by atoms with Gasteiger partial charge in [-0.2, -0.15) is 0 Å². The molecule has 1 nitrogen and oxygen atoms in total. The first kappa shape index (κ1) is 13.7. The van der Waals surface area contributed by atoms with Crippen LogP contribution in [0.15, 0.2) is 60.7 Å². The first-order chi connectivity index (χ1) is 10.2. The third-order valence-electron chi connectivity index (χ3n) is 3.92. The Morgan fingerprint density at radius 1 is 0.810 bits per heavy atom. The SMILES string of the molecule is COc1ccc2cc(C(C)C)c(-c3ccccc3)cc2c1. The van der Waals surface area contributed by atoms with Crippen LogP contribution in [0.25, 0.3) is 21.9 Å². The topological polar surface area (TPSA) is 9.23 Å². The molecule has 0 amide bonds. The van der Waals surface area contributed by atoms with Gasteiger partial charge in [-0.25, -0.2) is 0 Å². The van der Waals surface area contributed by atoms with Gasteiger partial charge in [0.1, 0.15) is 5.75 Å². The first-order valence-corrected chi connectivity index (χ1v) is 7.36. The molecular formula is C20H20O.